The summed E-state index contributed by atoms with van der Waals surface area (Å²) in [5.41, 5.74) is 5.67. The van der Waals surface area contributed by atoms with Crippen LogP contribution in [0.15, 0.2) is 36.4 Å². The molecule has 0 fully saturated rings. The van der Waals surface area contributed by atoms with Gasteiger partial charge in [0.1, 0.15) is 0 Å². The average Bonchev–Trinajstić information content (AvgIpc) is 2.80. The summed E-state index contributed by atoms with van der Waals surface area (Å²) < 4.78 is 0. The molecule has 106 valence electrons. The van der Waals surface area contributed by atoms with Crippen LogP contribution in [0.1, 0.15) is 32.7 Å². The standard InChI is InChI=1S/C17H15ClN2O/c1-10-4-3-5-12(6-10)8-16-14-9-13(17(18)21)11(2)7-15(14)19-20-16/h3-7,9H,8H2,1-2H3,(H,19,20). The molecule has 0 saturated carbocycles. The quantitative estimate of drug-likeness (QED) is 0.738. The van der Waals surface area contributed by atoms with Gasteiger partial charge in [0.05, 0.1) is 11.2 Å². The zero-order valence-electron chi connectivity index (χ0n) is 11.9. The molecule has 3 aromatic rings. The van der Waals surface area contributed by atoms with Crippen LogP contribution < -0.4 is 0 Å². The van der Waals surface area contributed by atoms with Gasteiger partial charge in [0.15, 0.2) is 0 Å². The Kier molecular flexibility index (Phi) is 3.52. The highest BCUT2D eigenvalue weighted by molar-refractivity contribution is 6.68. The number of halogens is 1. The Labute approximate surface area is 127 Å². The highest BCUT2D eigenvalue weighted by atomic mass is 35.5. The molecule has 0 amide bonds. The number of H-pyrrole nitrogens is 1. The van der Waals surface area contributed by atoms with E-state index in [1.165, 1.54) is 11.1 Å². The fourth-order valence-electron chi connectivity index (χ4n) is 2.59. The number of aromatic amines is 1. The Bertz CT molecular complexity index is 836. The van der Waals surface area contributed by atoms with E-state index in [-0.39, 0.29) is 0 Å². The molecule has 1 aromatic heterocycles. The largest absolute Gasteiger partial charge is 0.278 e. The number of carbonyl (C=O) groups is 1. The van der Waals surface area contributed by atoms with Crippen molar-refractivity contribution < 1.29 is 4.79 Å². The second-order valence-corrected chi connectivity index (χ2v) is 5.67. The van der Waals surface area contributed by atoms with Crippen LogP contribution in [-0.4, -0.2) is 15.4 Å². The number of hydrogen-bond donors (Lipinski definition) is 1. The molecule has 0 radical (unpaired) electrons. The first-order valence-electron chi connectivity index (χ1n) is 6.77. The molecular formula is C17H15ClN2O. The maximum atomic E-state index is 11.5. The first-order valence-corrected chi connectivity index (χ1v) is 7.15. The van der Waals surface area contributed by atoms with Crippen molar-refractivity contribution in [1.29, 1.82) is 0 Å². The zero-order chi connectivity index (χ0) is 15.0. The van der Waals surface area contributed by atoms with Crippen LogP contribution in [0.2, 0.25) is 0 Å². The number of benzene rings is 2. The average molecular weight is 299 g/mol. The fraction of sp³-hybridized carbons (Fsp3) is 0.176. The number of aryl methyl sites for hydroxylation is 2. The van der Waals surface area contributed by atoms with E-state index in [0.717, 1.165) is 28.6 Å². The summed E-state index contributed by atoms with van der Waals surface area (Å²) >= 11 is 5.64. The summed E-state index contributed by atoms with van der Waals surface area (Å²) in [5, 5.41) is 7.92. The van der Waals surface area contributed by atoms with E-state index >= 15 is 0 Å². The summed E-state index contributed by atoms with van der Waals surface area (Å²) in [4.78, 5) is 11.5. The number of rotatable bonds is 3. The maximum absolute atomic E-state index is 11.5. The number of aromatic nitrogens is 2. The molecule has 3 rings (SSSR count). The molecule has 0 spiro atoms. The molecule has 1 heterocycles. The molecule has 3 nitrogen and oxygen atoms in total. The van der Waals surface area contributed by atoms with Crippen LogP contribution in [-0.2, 0) is 6.42 Å². The van der Waals surface area contributed by atoms with Crippen molar-refractivity contribution in [3.05, 3.63) is 64.3 Å². The summed E-state index contributed by atoms with van der Waals surface area (Å²) in [5.74, 6) is 0. The lowest BCUT2D eigenvalue weighted by molar-refractivity contribution is 0.108. The van der Waals surface area contributed by atoms with Gasteiger partial charge in [-0.2, -0.15) is 5.10 Å². The van der Waals surface area contributed by atoms with Gasteiger partial charge in [-0.05, 0) is 48.7 Å². The second kappa shape index (κ2) is 5.34. The van der Waals surface area contributed by atoms with Crippen molar-refractivity contribution in [2.75, 3.05) is 0 Å². The number of nitrogens with zero attached hydrogens (tertiary/aromatic N) is 1. The summed E-state index contributed by atoms with van der Waals surface area (Å²) in [7, 11) is 0. The van der Waals surface area contributed by atoms with Crippen LogP contribution in [0.3, 0.4) is 0 Å². The predicted octanol–water partition coefficient (Wildman–Crippen LogP) is 4.15. The van der Waals surface area contributed by atoms with Gasteiger partial charge in [-0.25, -0.2) is 0 Å². The van der Waals surface area contributed by atoms with E-state index in [9.17, 15) is 4.79 Å². The third-order valence-corrected chi connectivity index (χ3v) is 3.86. The highest BCUT2D eigenvalue weighted by Gasteiger charge is 2.12. The van der Waals surface area contributed by atoms with Crippen LogP contribution in [0.4, 0.5) is 0 Å². The molecule has 0 saturated heterocycles. The Morgan fingerprint density at radius 1 is 1.24 bits per heavy atom. The van der Waals surface area contributed by atoms with Gasteiger partial charge in [-0.15, -0.1) is 0 Å². The lowest BCUT2D eigenvalue weighted by atomic mass is 10.0. The van der Waals surface area contributed by atoms with E-state index in [1.807, 2.05) is 25.1 Å². The van der Waals surface area contributed by atoms with Gasteiger partial charge >= 0.3 is 0 Å². The van der Waals surface area contributed by atoms with Gasteiger partial charge in [0, 0.05) is 17.4 Å². The van der Waals surface area contributed by atoms with Crippen molar-refractivity contribution >= 4 is 27.7 Å². The molecule has 4 heteroatoms. The fourth-order valence-corrected chi connectivity index (χ4v) is 2.79. The third kappa shape index (κ3) is 2.69. The van der Waals surface area contributed by atoms with Gasteiger partial charge in [-0.3, -0.25) is 9.89 Å². The lowest BCUT2D eigenvalue weighted by Crippen LogP contribution is -1.94. The van der Waals surface area contributed by atoms with Crippen molar-refractivity contribution in [2.45, 2.75) is 20.3 Å². The van der Waals surface area contributed by atoms with E-state index in [2.05, 4.69) is 35.3 Å². The molecule has 0 atom stereocenters. The number of nitrogens with one attached hydrogen (secondary N) is 1. The molecule has 2 aromatic carbocycles. The van der Waals surface area contributed by atoms with Crippen LogP contribution in [0.5, 0.6) is 0 Å². The van der Waals surface area contributed by atoms with Gasteiger partial charge in [-0.1, -0.05) is 29.8 Å². The summed E-state index contributed by atoms with van der Waals surface area (Å²) in [6.07, 6.45) is 0.723. The van der Waals surface area contributed by atoms with Crippen molar-refractivity contribution in [2.24, 2.45) is 0 Å². The van der Waals surface area contributed by atoms with Gasteiger partial charge in [0.2, 0.25) is 0 Å². The second-order valence-electron chi connectivity index (χ2n) is 5.32. The maximum Gasteiger partial charge on any atom is 0.252 e. The lowest BCUT2D eigenvalue weighted by Gasteiger charge is -2.03. The van der Waals surface area contributed by atoms with E-state index in [4.69, 9.17) is 11.6 Å². The van der Waals surface area contributed by atoms with Crippen LogP contribution >= 0.6 is 11.6 Å². The molecule has 0 aliphatic rings. The van der Waals surface area contributed by atoms with Crippen molar-refractivity contribution in [3.8, 4) is 0 Å². The van der Waals surface area contributed by atoms with E-state index < -0.39 is 5.24 Å². The monoisotopic (exact) mass is 298 g/mol. The van der Waals surface area contributed by atoms with E-state index in [0.29, 0.717) is 5.56 Å². The summed E-state index contributed by atoms with van der Waals surface area (Å²) in [6, 6.07) is 12.1. The first-order chi connectivity index (χ1) is 10.0. The topological polar surface area (TPSA) is 45.8 Å². The SMILES string of the molecule is Cc1cccc(Cc2n[nH]c3cc(C)c(C(=O)Cl)cc23)c1. The van der Waals surface area contributed by atoms with Crippen molar-refractivity contribution in [3.63, 3.8) is 0 Å². The molecule has 21 heavy (non-hydrogen) atoms. The Morgan fingerprint density at radius 2 is 2.05 bits per heavy atom. The molecule has 0 bridgehead atoms. The first kappa shape index (κ1) is 13.8. The smallest absolute Gasteiger partial charge is 0.252 e. The van der Waals surface area contributed by atoms with Crippen LogP contribution in [0.25, 0.3) is 10.9 Å². The molecule has 0 unspecified atom stereocenters. The normalized spacial score (nSPS) is 11.0. The molecule has 1 N–H and O–H groups in total. The Balaban J connectivity index is 2.07. The van der Waals surface area contributed by atoms with Gasteiger partial charge in [0.25, 0.3) is 5.24 Å². The molecule has 0 aliphatic carbocycles. The molecular weight excluding hydrogens is 284 g/mol. The third-order valence-electron chi connectivity index (χ3n) is 3.65. The Hall–Kier alpha value is -2.13. The minimum Gasteiger partial charge on any atom is -0.278 e. The molecule has 0 aliphatic heterocycles. The minimum atomic E-state index is -0.433. The van der Waals surface area contributed by atoms with Crippen molar-refractivity contribution in [1.82, 2.24) is 10.2 Å². The number of carbonyl (C=O) groups excluding carboxylic acids is 1. The minimum absolute atomic E-state index is 0.433. The van der Waals surface area contributed by atoms with Gasteiger partial charge < -0.3 is 0 Å². The Morgan fingerprint density at radius 3 is 2.76 bits per heavy atom. The summed E-state index contributed by atoms with van der Waals surface area (Å²) in [6.45, 7) is 3.94. The number of hydrogen-bond acceptors (Lipinski definition) is 2. The zero-order valence-corrected chi connectivity index (χ0v) is 12.7. The van der Waals surface area contributed by atoms with Crippen LogP contribution in [0, 0.1) is 13.8 Å². The predicted molar refractivity (Wildman–Crippen MR) is 85.0 cm³/mol. The highest BCUT2D eigenvalue weighted by Crippen LogP contribution is 2.24. The van der Waals surface area contributed by atoms with E-state index in [1.54, 1.807) is 0 Å². The number of fused-ring (bicyclic) bond motifs is 1.